The lowest BCUT2D eigenvalue weighted by Crippen LogP contribution is -2.49. The number of furan rings is 1. The van der Waals surface area contributed by atoms with E-state index in [1.165, 1.54) is 16.7 Å². The van der Waals surface area contributed by atoms with E-state index in [1.807, 2.05) is 4.90 Å². The minimum absolute atomic E-state index is 0.0518. The number of aryl methyl sites for hydroxylation is 2. The molecular formula is C21H25N5O3S. The molecule has 0 spiro atoms. The minimum atomic E-state index is -0.0518. The number of carbonyl (C=O) groups is 1. The molecule has 30 heavy (non-hydrogen) atoms. The largest absolute Gasteiger partial charge is 0.459 e. The first-order valence-electron chi connectivity index (χ1n) is 10.3. The van der Waals surface area contributed by atoms with Crippen molar-refractivity contribution in [2.75, 3.05) is 62.3 Å². The molecule has 2 fully saturated rings. The molecule has 8 nitrogen and oxygen atoms in total. The SMILES string of the molecule is Cc1sc2nc(N3CCOCC3)nc(N3CCN(C(=O)c4ccco4)CC3)c2c1C. The van der Waals surface area contributed by atoms with Gasteiger partial charge in [-0.15, -0.1) is 11.3 Å². The van der Waals surface area contributed by atoms with Crippen LogP contribution in [0.15, 0.2) is 22.8 Å². The standard InChI is InChI=1S/C21H25N5O3S/c1-14-15(2)30-19-17(14)18(22-21(23-19)26-9-12-28-13-10-26)24-5-7-25(8-6-24)20(27)16-4-3-11-29-16/h3-4,11H,5-10,12-13H2,1-2H3. The van der Waals surface area contributed by atoms with Crippen molar-refractivity contribution in [3.8, 4) is 0 Å². The monoisotopic (exact) mass is 427 g/mol. The van der Waals surface area contributed by atoms with Gasteiger partial charge in [0.15, 0.2) is 5.76 Å². The van der Waals surface area contributed by atoms with Gasteiger partial charge < -0.3 is 23.9 Å². The summed E-state index contributed by atoms with van der Waals surface area (Å²) in [6.45, 7) is 10.0. The van der Waals surface area contributed by atoms with Gasteiger partial charge in [0, 0.05) is 44.1 Å². The van der Waals surface area contributed by atoms with Crippen molar-refractivity contribution in [2.45, 2.75) is 13.8 Å². The van der Waals surface area contributed by atoms with Crippen LogP contribution in [0.3, 0.4) is 0 Å². The first-order valence-corrected chi connectivity index (χ1v) is 11.1. The molecule has 0 N–H and O–H groups in total. The van der Waals surface area contributed by atoms with Crippen molar-refractivity contribution >= 4 is 39.2 Å². The molecule has 5 heterocycles. The van der Waals surface area contributed by atoms with Crippen molar-refractivity contribution in [1.29, 1.82) is 0 Å². The summed E-state index contributed by atoms with van der Waals surface area (Å²) in [5, 5.41) is 1.14. The smallest absolute Gasteiger partial charge is 0.289 e. The van der Waals surface area contributed by atoms with Crippen LogP contribution in [-0.4, -0.2) is 73.3 Å². The molecule has 9 heteroatoms. The highest BCUT2D eigenvalue weighted by Gasteiger charge is 2.28. The Hall–Kier alpha value is -2.65. The predicted molar refractivity (Wildman–Crippen MR) is 117 cm³/mol. The lowest BCUT2D eigenvalue weighted by Gasteiger charge is -2.36. The lowest BCUT2D eigenvalue weighted by molar-refractivity contribution is 0.0714. The average molecular weight is 428 g/mol. The number of amides is 1. The normalized spacial score (nSPS) is 17.7. The molecule has 0 atom stereocenters. The molecule has 5 rings (SSSR count). The number of thiophene rings is 1. The molecule has 3 aromatic heterocycles. The third-order valence-corrected chi connectivity index (χ3v) is 6.99. The maximum Gasteiger partial charge on any atom is 0.289 e. The first kappa shape index (κ1) is 19.3. The van der Waals surface area contributed by atoms with Crippen LogP contribution in [0, 0.1) is 13.8 Å². The summed E-state index contributed by atoms with van der Waals surface area (Å²) in [7, 11) is 0. The Kier molecular flexibility index (Phi) is 5.08. The number of carbonyl (C=O) groups excluding carboxylic acids is 1. The molecule has 0 radical (unpaired) electrons. The summed E-state index contributed by atoms with van der Waals surface area (Å²) in [6, 6.07) is 3.46. The molecule has 0 bridgehead atoms. The van der Waals surface area contributed by atoms with E-state index in [-0.39, 0.29) is 5.91 Å². The van der Waals surface area contributed by atoms with Crippen LogP contribution in [0.5, 0.6) is 0 Å². The molecule has 2 aliphatic rings. The van der Waals surface area contributed by atoms with Crippen molar-refractivity contribution in [3.63, 3.8) is 0 Å². The molecular weight excluding hydrogens is 402 g/mol. The van der Waals surface area contributed by atoms with Crippen molar-refractivity contribution in [2.24, 2.45) is 0 Å². The second-order valence-electron chi connectivity index (χ2n) is 7.67. The van der Waals surface area contributed by atoms with Gasteiger partial charge in [-0.25, -0.2) is 4.98 Å². The molecule has 1 amide bonds. The van der Waals surface area contributed by atoms with Crippen molar-refractivity contribution in [3.05, 3.63) is 34.6 Å². The molecule has 2 aliphatic heterocycles. The Morgan fingerprint density at radius 2 is 1.80 bits per heavy atom. The van der Waals surface area contributed by atoms with Gasteiger partial charge in [0.1, 0.15) is 10.6 Å². The van der Waals surface area contributed by atoms with Crippen LogP contribution in [0.1, 0.15) is 21.0 Å². The average Bonchev–Trinajstić information content (AvgIpc) is 3.42. The molecule has 0 aliphatic carbocycles. The van der Waals surface area contributed by atoms with E-state index >= 15 is 0 Å². The Labute approximate surface area is 179 Å². The Balaban J connectivity index is 1.44. The molecule has 0 aromatic carbocycles. The van der Waals surface area contributed by atoms with E-state index in [9.17, 15) is 4.79 Å². The highest BCUT2D eigenvalue weighted by molar-refractivity contribution is 7.18. The third-order valence-electron chi connectivity index (χ3n) is 5.89. The fourth-order valence-corrected chi connectivity index (χ4v) is 5.05. The zero-order chi connectivity index (χ0) is 20.7. The van der Waals surface area contributed by atoms with Gasteiger partial charge >= 0.3 is 0 Å². The number of hydrogen-bond acceptors (Lipinski definition) is 8. The number of anilines is 2. The van der Waals surface area contributed by atoms with Gasteiger partial charge in [-0.1, -0.05) is 0 Å². The Bertz CT molecular complexity index is 1050. The summed E-state index contributed by atoms with van der Waals surface area (Å²) in [6.07, 6.45) is 1.54. The summed E-state index contributed by atoms with van der Waals surface area (Å²) in [4.78, 5) is 31.1. The molecule has 158 valence electrons. The number of aromatic nitrogens is 2. The third kappa shape index (κ3) is 3.41. The van der Waals surface area contributed by atoms with Gasteiger partial charge in [-0.2, -0.15) is 4.98 Å². The summed E-state index contributed by atoms with van der Waals surface area (Å²) >= 11 is 1.73. The predicted octanol–water partition coefficient (Wildman–Crippen LogP) is 2.70. The number of hydrogen-bond donors (Lipinski definition) is 0. The van der Waals surface area contributed by atoms with Crippen LogP contribution in [0.2, 0.25) is 0 Å². The highest BCUT2D eigenvalue weighted by Crippen LogP contribution is 2.36. The van der Waals surface area contributed by atoms with Gasteiger partial charge in [0.05, 0.1) is 24.9 Å². The Morgan fingerprint density at radius 3 is 2.50 bits per heavy atom. The second kappa shape index (κ2) is 7.88. The van der Waals surface area contributed by atoms with E-state index in [0.717, 1.165) is 48.2 Å². The number of fused-ring (bicyclic) bond motifs is 1. The van der Waals surface area contributed by atoms with E-state index < -0.39 is 0 Å². The summed E-state index contributed by atoms with van der Waals surface area (Å²) in [5.74, 6) is 2.10. The quantitative estimate of drug-likeness (QED) is 0.636. The van der Waals surface area contributed by atoms with Crippen LogP contribution < -0.4 is 9.80 Å². The van der Waals surface area contributed by atoms with Crippen molar-refractivity contribution < 1.29 is 13.9 Å². The van der Waals surface area contributed by atoms with E-state index in [0.29, 0.717) is 32.1 Å². The molecule has 2 saturated heterocycles. The number of ether oxygens (including phenoxy) is 1. The van der Waals surface area contributed by atoms with Crippen LogP contribution >= 0.6 is 11.3 Å². The fraction of sp³-hybridized carbons (Fsp3) is 0.476. The molecule has 0 unspecified atom stereocenters. The van der Waals surface area contributed by atoms with Crippen LogP contribution in [0.25, 0.3) is 10.2 Å². The van der Waals surface area contributed by atoms with Crippen LogP contribution in [0.4, 0.5) is 11.8 Å². The summed E-state index contributed by atoms with van der Waals surface area (Å²) in [5.41, 5.74) is 1.24. The van der Waals surface area contributed by atoms with E-state index in [2.05, 4.69) is 23.6 Å². The van der Waals surface area contributed by atoms with E-state index in [4.69, 9.17) is 19.1 Å². The maximum atomic E-state index is 12.6. The molecule has 3 aromatic rings. The van der Waals surface area contributed by atoms with Gasteiger partial charge in [0.25, 0.3) is 5.91 Å². The van der Waals surface area contributed by atoms with Gasteiger partial charge in [0.2, 0.25) is 5.95 Å². The number of rotatable bonds is 3. The Morgan fingerprint density at radius 1 is 1.03 bits per heavy atom. The molecule has 0 saturated carbocycles. The maximum absolute atomic E-state index is 12.6. The van der Waals surface area contributed by atoms with Crippen molar-refractivity contribution in [1.82, 2.24) is 14.9 Å². The van der Waals surface area contributed by atoms with Gasteiger partial charge in [-0.05, 0) is 31.5 Å². The number of morpholine rings is 1. The van der Waals surface area contributed by atoms with Gasteiger partial charge in [-0.3, -0.25) is 4.79 Å². The minimum Gasteiger partial charge on any atom is -0.459 e. The first-order chi connectivity index (χ1) is 14.6. The lowest BCUT2D eigenvalue weighted by atomic mass is 10.2. The van der Waals surface area contributed by atoms with Crippen LogP contribution in [-0.2, 0) is 4.74 Å². The highest BCUT2D eigenvalue weighted by atomic mass is 32.1. The fourth-order valence-electron chi connectivity index (χ4n) is 4.03. The van der Waals surface area contributed by atoms with E-state index in [1.54, 1.807) is 23.5 Å². The summed E-state index contributed by atoms with van der Waals surface area (Å²) < 4.78 is 10.8. The zero-order valence-corrected chi connectivity index (χ0v) is 18.1. The number of nitrogens with zero attached hydrogens (tertiary/aromatic N) is 5. The topological polar surface area (TPSA) is 74.9 Å². The second-order valence-corrected chi connectivity index (χ2v) is 8.87. The number of piperazine rings is 1. The zero-order valence-electron chi connectivity index (χ0n) is 17.3.